The van der Waals surface area contributed by atoms with Crippen LogP contribution < -0.4 is 0 Å². The molecule has 2 amide bonds. The monoisotopic (exact) mass is 399 g/mol. The van der Waals surface area contributed by atoms with Crippen molar-refractivity contribution in [3.63, 3.8) is 0 Å². The average molecular weight is 400 g/mol. The largest absolute Gasteiger partial charge is 0.358 e. The number of H-pyrrole nitrogens is 1. The smallest absolute Gasteiger partial charge is 0.227 e. The predicted molar refractivity (Wildman–Crippen MR) is 111 cm³/mol. The molecule has 0 aliphatic carbocycles. The Labute approximate surface area is 171 Å². The number of carbonyl (C=O) groups is 2. The van der Waals surface area contributed by atoms with Crippen LogP contribution in [0.15, 0.2) is 18.2 Å². The van der Waals surface area contributed by atoms with E-state index in [0.717, 1.165) is 60.9 Å². The van der Waals surface area contributed by atoms with Crippen LogP contribution in [-0.4, -0.2) is 52.8 Å². The van der Waals surface area contributed by atoms with Crippen molar-refractivity contribution in [1.82, 2.24) is 14.8 Å². The molecule has 0 bridgehead atoms. The fraction of sp³-hybridized carbons (Fsp3) is 0.565. The number of benzene rings is 1. The third-order valence-corrected chi connectivity index (χ3v) is 6.52. The van der Waals surface area contributed by atoms with E-state index < -0.39 is 0 Å². The van der Waals surface area contributed by atoms with Gasteiger partial charge in [-0.05, 0) is 56.4 Å². The molecule has 4 rings (SSSR count). The fourth-order valence-corrected chi connectivity index (χ4v) is 4.77. The third-order valence-electron chi connectivity index (χ3n) is 6.52. The highest BCUT2D eigenvalue weighted by atomic mass is 19.1. The normalized spacial score (nSPS) is 18.8. The molecule has 0 atom stereocenters. The number of hydrogen-bond acceptors (Lipinski definition) is 2. The lowest BCUT2D eigenvalue weighted by Gasteiger charge is -2.34. The molecular formula is C23H30FN3O2. The van der Waals surface area contributed by atoms with Crippen LogP contribution in [-0.2, 0) is 16.0 Å². The summed E-state index contributed by atoms with van der Waals surface area (Å²) in [5.74, 6) is 0.0833. The van der Waals surface area contributed by atoms with Gasteiger partial charge in [-0.3, -0.25) is 9.59 Å². The van der Waals surface area contributed by atoms with Gasteiger partial charge in [0.1, 0.15) is 5.82 Å². The van der Waals surface area contributed by atoms with Crippen LogP contribution in [0.25, 0.3) is 10.9 Å². The number of hydrogen-bond donors (Lipinski definition) is 1. The van der Waals surface area contributed by atoms with Crippen LogP contribution in [0.1, 0.15) is 49.8 Å². The molecule has 3 heterocycles. The molecule has 2 aromatic rings. The molecule has 156 valence electrons. The summed E-state index contributed by atoms with van der Waals surface area (Å²) in [4.78, 5) is 32.9. The van der Waals surface area contributed by atoms with E-state index in [4.69, 9.17) is 0 Å². The van der Waals surface area contributed by atoms with Crippen LogP contribution in [0.5, 0.6) is 0 Å². The first kappa shape index (κ1) is 19.9. The number of nitrogens with one attached hydrogen (secondary N) is 1. The SMILES string of the molecule is Cc1[nH]c2ccc(F)cc2c1CC(=O)N1CCC(C(=O)N2CCCCCC2)CC1. The first-order valence-corrected chi connectivity index (χ1v) is 10.9. The highest BCUT2D eigenvalue weighted by molar-refractivity contribution is 5.90. The Balaban J connectivity index is 1.36. The molecule has 1 aromatic heterocycles. The molecule has 2 fully saturated rings. The molecule has 5 nitrogen and oxygen atoms in total. The van der Waals surface area contributed by atoms with E-state index >= 15 is 0 Å². The quantitative estimate of drug-likeness (QED) is 0.854. The van der Waals surface area contributed by atoms with E-state index in [0.29, 0.717) is 13.1 Å². The zero-order valence-corrected chi connectivity index (χ0v) is 17.2. The number of nitrogens with zero attached hydrogens (tertiary/aromatic N) is 2. The van der Waals surface area contributed by atoms with Crippen LogP contribution in [0.4, 0.5) is 4.39 Å². The van der Waals surface area contributed by atoms with Gasteiger partial charge >= 0.3 is 0 Å². The molecular weight excluding hydrogens is 369 g/mol. The minimum Gasteiger partial charge on any atom is -0.358 e. The van der Waals surface area contributed by atoms with Crippen molar-refractivity contribution >= 4 is 22.7 Å². The molecule has 0 saturated carbocycles. The van der Waals surface area contributed by atoms with E-state index in [9.17, 15) is 14.0 Å². The Bertz CT molecular complexity index is 891. The third kappa shape index (κ3) is 4.31. The van der Waals surface area contributed by atoms with Crippen molar-refractivity contribution in [2.45, 2.75) is 51.9 Å². The van der Waals surface area contributed by atoms with Gasteiger partial charge in [0.25, 0.3) is 0 Å². The maximum Gasteiger partial charge on any atom is 0.227 e. The number of rotatable bonds is 3. The van der Waals surface area contributed by atoms with Crippen LogP contribution in [0.3, 0.4) is 0 Å². The summed E-state index contributed by atoms with van der Waals surface area (Å²) in [5.41, 5.74) is 2.63. The first-order valence-electron chi connectivity index (χ1n) is 10.9. The molecule has 0 spiro atoms. The summed E-state index contributed by atoms with van der Waals surface area (Å²) in [6.45, 7) is 4.94. The maximum absolute atomic E-state index is 13.7. The van der Waals surface area contributed by atoms with E-state index in [1.165, 1.54) is 25.0 Å². The lowest BCUT2D eigenvalue weighted by Crippen LogP contribution is -2.45. The number of carbonyl (C=O) groups excluding carboxylic acids is 2. The minimum absolute atomic E-state index is 0.0427. The van der Waals surface area contributed by atoms with Gasteiger partial charge < -0.3 is 14.8 Å². The lowest BCUT2D eigenvalue weighted by molar-refractivity contribution is -0.140. The van der Waals surface area contributed by atoms with Crippen molar-refractivity contribution in [1.29, 1.82) is 0 Å². The lowest BCUT2D eigenvalue weighted by atomic mass is 9.94. The number of likely N-dealkylation sites (tertiary alicyclic amines) is 2. The summed E-state index contributed by atoms with van der Waals surface area (Å²) in [6, 6.07) is 4.63. The van der Waals surface area contributed by atoms with Gasteiger partial charge in [0.05, 0.1) is 6.42 Å². The molecule has 29 heavy (non-hydrogen) atoms. The summed E-state index contributed by atoms with van der Waals surface area (Å²) >= 11 is 0. The number of aromatic amines is 1. The first-order chi connectivity index (χ1) is 14.0. The van der Waals surface area contributed by atoms with Crippen molar-refractivity contribution in [2.24, 2.45) is 5.92 Å². The van der Waals surface area contributed by atoms with Crippen molar-refractivity contribution in [3.05, 3.63) is 35.3 Å². The summed E-state index contributed by atoms with van der Waals surface area (Å²) in [5, 5.41) is 0.780. The van der Waals surface area contributed by atoms with Gasteiger partial charge in [0, 0.05) is 48.7 Å². The van der Waals surface area contributed by atoms with E-state index in [-0.39, 0.29) is 30.0 Å². The van der Waals surface area contributed by atoms with E-state index in [1.54, 1.807) is 6.07 Å². The Morgan fingerprint density at radius 1 is 1.03 bits per heavy atom. The number of aryl methyl sites for hydroxylation is 1. The topological polar surface area (TPSA) is 56.4 Å². The fourth-order valence-electron chi connectivity index (χ4n) is 4.77. The zero-order valence-electron chi connectivity index (χ0n) is 17.2. The van der Waals surface area contributed by atoms with E-state index in [1.807, 2.05) is 16.7 Å². The van der Waals surface area contributed by atoms with Crippen LogP contribution >= 0.6 is 0 Å². The van der Waals surface area contributed by atoms with Crippen LogP contribution in [0, 0.1) is 18.7 Å². The van der Waals surface area contributed by atoms with Gasteiger partial charge in [-0.15, -0.1) is 0 Å². The summed E-state index contributed by atoms with van der Waals surface area (Å²) in [6.07, 6.45) is 6.38. The Morgan fingerprint density at radius 2 is 1.72 bits per heavy atom. The molecule has 2 aliphatic heterocycles. The number of amides is 2. The second-order valence-corrected chi connectivity index (χ2v) is 8.49. The van der Waals surface area contributed by atoms with Gasteiger partial charge in [0.15, 0.2) is 0 Å². The number of fused-ring (bicyclic) bond motifs is 1. The summed E-state index contributed by atoms with van der Waals surface area (Å²) in [7, 11) is 0. The molecule has 6 heteroatoms. The standard InChI is InChI=1S/C23H30FN3O2/c1-16-19(20-14-18(24)6-7-21(20)25-16)15-22(28)26-12-8-17(9-13-26)23(29)27-10-4-2-3-5-11-27/h6-7,14,17,25H,2-5,8-13,15H2,1H3. The number of piperidine rings is 1. The molecule has 1 aromatic carbocycles. The Hall–Kier alpha value is -2.37. The Kier molecular flexibility index (Phi) is 5.88. The average Bonchev–Trinajstić information content (AvgIpc) is 2.91. The zero-order chi connectivity index (χ0) is 20.4. The maximum atomic E-state index is 13.7. The van der Waals surface area contributed by atoms with E-state index in [2.05, 4.69) is 4.98 Å². The second-order valence-electron chi connectivity index (χ2n) is 8.49. The van der Waals surface area contributed by atoms with Gasteiger partial charge in [-0.1, -0.05) is 12.8 Å². The van der Waals surface area contributed by atoms with Crippen molar-refractivity contribution in [3.8, 4) is 0 Å². The predicted octanol–water partition coefficient (Wildman–Crippen LogP) is 3.80. The Morgan fingerprint density at radius 3 is 2.41 bits per heavy atom. The highest BCUT2D eigenvalue weighted by Gasteiger charge is 2.30. The second kappa shape index (κ2) is 8.56. The highest BCUT2D eigenvalue weighted by Crippen LogP contribution is 2.26. The van der Waals surface area contributed by atoms with Gasteiger partial charge in [-0.25, -0.2) is 4.39 Å². The minimum atomic E-state index is -0.293. The van der Waals surface area contributed by atoms with Gasteiger partial charge in [0.2, 0.25) is 11.8 Å². The molecule has 2 saturated heterocycles. The summed E-state index contributed by atoms with van der Waals surface area (Å²) < 4.78 is 13.7. The number of aromatic nitrogens is 1. The molecule has 2 aliphatic rings. The van der Waals surface area contributed by atoms with Crippen molar-refractivity contribution < 1.29 is 14.0 Å². The molecule has 0 radical (unpaired) electrons. The van der Waals surface area contributed by atoms with Crippen LogP contribution in [0.2, 0.25) is 0 Å². The van der Waals surface area contributed by atoms with Crippen molar-refractivity contribution in [2.75, 3.05) is 26.2 Å². The van der Waals surface area contributed by atoms with Gasteiger partial charge in [-0.2, -0.15) is 0 Å². The number of halogens is 1. The molecule has 1 N–H and O–H groups in total. The molecule has 0 unspecified atom stereocenters.